The molecule has 0 aliphatic rings. The number of amides is 1. The van der Waals surface area contributed by atoms with Crippen molar-refractivity contribution in [3.63, 3.8) is 0 Å². The normalized spacial score (nSPS) is 10.8. The van der Waals surface area contributed by atoms with Crippen LogP contribution in [0.5, 0.6) is 0 Å². The molecule has 0 aliphatic carbocycles. The Morgan fingerprint density at radius 1 is 0.808 bits per heavy atom. The number of para-hydroxylation sites is 2. The lowest BCUT2D eigenvalue weighted by molar-refractivity contribution is 0.250. The molecule has 1 heterocycles. The molecule has 0 bridgehead atoms. The number of carbonyl (C=O) groups is 1. The quantitative estimate of drug-likeness (QED) is 0.485. The third-order valence-electron chi connectivity index (χ3n) is 4.44. The summed E-state index contributed by atoms with van der Waals surface area (Å²) in [5.41, 5.74) is 5.54. The first-order chi connectivity index (χ1) is 12.6. The molecule has 26 heavy (non-hydrogen) atoms. The second kappa shape index (κ2) is 6.48. The minimum atomic E-state index is -0.161. The van der Waals surface area contributed by atoms with Gasteiger partial charge in [-0.25, -0.2) is 14.3 Å². The molecule has 1 aromatic heterocycles. The molecular weight excluding hydrogens is 322 g/mol. The summed E-state index contributed by atoms with van der Waals surface area (Å²) in [4.78, 5) is 19.5. The maximum atomic E-state index is 13.4. The number of anilines is 2. The van der Waals surface area contributed by atoms with E-state index in [1.165, 1.54) is 0 Å². The van der Waals surface area contributed by atoms with E-state index < -0.39 is 0 Å². The fraction of sp³-hybridized carbons (Fsp3) is 0.0909. The van der Waals surface area contributed by atoms with Crippen LogP contribution in [0.1, 0.15) is 11.1 Å². The largest absolute Gasteiger partial charge is 0.339 e. The van der Waals surface area contributed by atoms with Crippen LogP contribution in [-0.2, 0) is 0 Å². The number of imidazole rings is 1. The van der Waals surface area contributed by atoms with Crippen LogP contribution in [0.4, 0.5) is 16.2 Å². The number of aryl methyl sites for hydroxylation is 2. The fourth-order valence-corrected chi connectivity index (χ4v) is 2.98. The van der Waals surface area contributed by atoms with Crippen molar-refractivity contribution in [3.05, 3.63) is 90.3 Å². The Hall–Kier alpha value is -3.40. The highest BCUT2D eigenvalue weighted by Gasteiger charge is 2.21. The molecule has 4 aromatic rings. The highest BCUT2D eigenvalue weighted by atomic mass is 16.2. The summed E-state index contributed by atoms with van der Waals surface area (Å²) in [5, 5.41) is 0. The molecule has 0 fully saturated rings. The third kappa shape index (κ3) is 2.86. The zero-order valence-corrected chi connectivity index (χ0v) is 14.8. The first-order valence-corrected chi connectivity index (χ1v) is 8.53. The van der Waals surface area contributed by atoms with E-state index in [0.29, 0.717) is 0 Å². The molecule has 0 atom stereocenters. The van der Waals surface area contributed by atoms with Crippen molar-refractivity contribution >= 4 is 28.4 Å². The number of benzene rings is 3. The van der Waals surface area contributed by atoms with Crippen molar-refractivity contribution in [2.75, 3.05) is 4.90 Å². The Morgan fingerprint density at radius 3 is 1.92 bits per heavy atom. The van der Waals surface area contributed by atoms with E-state index >= 15 is 0 Å². The van der Waals surface area contributed by atoms with Gasteiger partial charge in [0.25, 0.3) is 0 Å². The van der Waals surface area contributed by atoms with Gasteiger partial charge in [0.15, 0.2) is 0 Å². The van der Waals surface area contributed by atoms with Crippen molar-refractivity contribution in [2.45, 2.75) is 13.8 Å². The highest BCUT2D eigenvalue weighted by molar-refractivity contribution is 6.04. The Balaban J connectivity index is 1.85. The maximum absolute atomic E-state index is 13.4. The van der Waals surface area contributed by atoms with Crippen molar-refractivity contribution in [1.29, 1.82) is 0 Å². The maximum Gasteiger partial charge on any atom is 0.339 e. The number of fused-ring (bicyclic) bond motifs is 1. The van der Waals surface area contributed by atoms with Gasteiger partial charge < -0.3 is 0 Å². The zero-order chi connectivity index (χ0) is 18.1. The summed E-state index contributed by atoms with van der Waals surface area (Å²) in [7, 11) is 0. The summed E-state index contributed by atoms with van der Waals surface area (Å²) in [6.45, 7) is 4.07. The van der Waals surface area contributed by atoms with Gasteiger partial charge in [-0.3, -0.25) is 4.90 Å². The SMILES string of the molecule is Cc1ccc(N(C(=O)n2cnc3ccccc32)c2ccc(C)cc2)cc1. The van der Waals surface area contributed by atoms with Gasteiger partial charge in [0, 0.05) is 0 Å². The lowest BCUT2D eigenvalue weighted by atomic mass is 10.1. The highest BCUT2D eigenvalue weighted by Crippen LogP contribution is 2.28. The van der Waals surface area contributed by atoms with Crippen LogP contribution < -0.4 is 4.90 Å². The number of hydrogen-bond acceptors (Lipinski definition) is 2. The van der Waals surface area contributed by atoms with Gasteiger partial charge in [-0.05, 0) is 50.2 Å². The van der Waals surface area contributed by atoms with Gasteiger partial charge in [0.1, 0.15) is 6.33 Å². The first-order valence-electron chi connectivity index (χ1n) is 8.53. The lowest BCUT2D eigenvalue weighted by Crippen LogP contribution is -2.30. The Labute approximate surface area is 152 Å². The van der Waals surface area contributed by atoms with Crippen LogP contribution in [0.25, 0.3) is 11.0 Å². The van der Waals surface area contributed by atoms with E-state index in [1.807, 2.05) is 86.6 Å². The van der Waals surface area contributed by atoms with Crippen LogP contribution in [0.2, 0.25) is 0 Å². The summed E-state index contributed by atoms with van der Waals surface area (Å²) in [6.07, 6.45) is 1.59. The van der Waals surface area contributed by atoms with E-state index in [4.69, 9.17) is 0 Å². The van der Waals surface area contributed by atoms with Crippen LogP contribution >= 0.6 is 0 Å². The average molecular weight is 341 g/mol. The summed E-state index contributed by atoms with van der Waals surface area (Å²) in [6, 6.07) is 23.4. The molecule has 4 heteroatoms. The molecule has 0 radical (unpaired) electrons. The minimum Gasteiger partial charge on any atom is -0.262 e. The number of carbonyl (C=O) groups excluding carboxylic acids is 1. The molecule has 128 valence electrons. The van der Waals surface area contributed by atoms with Crippen molar-refractivity contribution in [3.8, 4) is 0 Å². The second-order valence-corrected chi connectivity index (χ2v) is 6.39. The molecular formula is C22H19N3O. The second-order valence-electron chi connectivity index (χ2n) is 6.39. The molecule has 0 aliphatic heterocycles. The summed E-state index contributed by atoms with van der Waals surface area (Å²) < 4.78 is 1.59. The zero-order valence-electron chi connectivity index (χ0n) is 14.8. The van der Waals surface area contributed by atoms with E-state index in [2.05, 4.69) is 4.98 Å². The molecule has 0 saturated carbocycles. The van der Waals surface area contributed by atoms with Gasteiger partial charge in [0.2, 0.25) is 0 Å². The fourth-order valence-electron chi connectivity index (χ4n) is 2.98. The molecule has 0 saturated heterocycles. The Bertz CT molecular complexity index is 1020. The van der Waals surface area contributed by atoms with Crippen LogP contribution in [0.15, 0.2) is 79.1 Å². The molecule has 0 unspecified atom stereocenters. The summed E-state index contributed by atoms with van der Waals surface area (Å²) in [5.74, 6) is 0. The van der Waals surface area contributed by atoms with E-state index in [1.54, 1.807) is 15.8 Å². The smallest absolute Gasteiger partial charge is 0.262 e. The standard InChI is InChI=1S/C22H19N3O/c1-16-7-11-18(12-8-16)25(19-13-9-17(2)10-14-19)22(26)24-15-23-20-5-3-4-6-21(20)24/h3-15H,1-2H3. The summed E-state index contributed by atoms with van der Waals surface area (Å²) >= 11 is 0. The average Bonchev–Trinajstić information content (AvgIpc) is 3.09. The van der Waals surface area contributed by atoms with Gasteiger partial charge in [-0.15, -0.1) is 0 Å². The molecule has 3 aromatic carbocycles. The number of aromatic nitrogens is 2. The van der Waals surface area contributed by atoms with E-state index in [0.717, 1.165) is 33.5 Å². The number of hydrogen-bond donors (Lipinski definition) is 0. The first kappa shape index (κ1) is 16.1. The van der Waals surface area contributed by atoms with Gasteiger partial charge >= 0.3 is 6.03 Å². The van der Waals surface area contributed by atoms with Crippen molar-refractivity contribution < 1.29 is 4.79 Å². The topological polar surface area (TPSA) is 38.1 Å². The van der Waals surface area contributed by atoms with Crippen LogP contribution in [-0.4, -0.2) is 15.6 Å². The predicted octanol–water partition coefficient (Wildman–Crippen LogP) is 5.46. The van der Waals surface area contributed by atoms with Crippen molar-refractivity contribution in [2.24, 2.45) is 0 Å². The monoisotopic (exact) mass is 341 g/mol. The van der Waals surface area contributed by atoms with E-state index in [9.17, 15) is 4.79 Å². The molecule has 4 nitrogen and oxygen atoms in total. The molecule has 0 N–H and O–H groups in total. The third-order valence-corrected chi connectivity index (χ3v) is 4.44. The molecule has 1 amide bonds. The Morgan fingerprint density at radius 2 is 1.35 bits per heavy atom. The van der Waals surface area contributed by atoms with Gasteiger partial charge in [-0.1, -0.05) is 47.5 Å². The predicted molar refractivity (Wildman–Crippen MR) is 105 cm³/mol. The minimum absolute atomic E-state index is 0.161. The van der Waals surface area contributed by atoms with Crippen molar-refractivity contribution in [1.82, 2.24) is 9.55 Å². The van der Waals surface area contributed by atoms with E-state index in [-0.39, 0.29) is 6.03 Å². The number of nitrogens with zero attached hydrogens (tertiary/aromatic N) is 3. The lowest BCUT2D eigenvalue weighted by Gasteiger charge is -2.23. The molecule has 0 spiro atoms. The number of rotatable bonds is 2. The van der Waals surface area contributed by atoms with Crippen LogP contribution in [0.3, 0.4) is 0 Å². The van der Waals surface area contributed by atoms with Crippen LogP contribution in [0, 0.1) is 13.8 Å². The van der Waals surface area contributed by atoms with Gasteiger partial charge in [0.05, 0.1) is 22.4 Å². The van der Waals surface area contributed by atoms with Gasteiger partial charge in [-0.2, -0.15) is 0 Å². The Kier molecular flexibility index (Phi) is 4.01. The molecule has 4 rings (SSSR count).